The van der Waals surface area contributed by atoms with Gasteiger partial charge in [0, 0.05) is 17.1 Å². The van der Waals surface area contributed by atoms with Crippen LogP contribution in [-0.2, 0) is 6.61 Å². The van der Waals surface area contributed by atoms with Crippen molar-refractivity contribution < 1.29 is 9.53 Å². The first-order valence-corrected chi connectivity index (χ1v) is 12.7. The van der Waals surface area contributed by atoms with Gasteiger partial charge in [0.2, 0.25) is 0 Å². The number of rotatable bonds is 7. The number of carbonyl (C=O) groups is 1. The van der Waals surface area contributed by atoms with E-state index in [1.54, 1.807) is 18.3 Å². The number of aromatic nitrogens is 1. The minimum Gasteiger partial charge on any atom is -0.487 e. The van der Waals surface area contributed by atoms with Gasteiger partial charge in [-0.15, -0.1) is 0 Å². The third-order valence-electron chi connectivity index (χ3n) is 6.94. The Kier molecular flexibility index (Phi) is 7.36. The topological polar surface area (TPSA) is 63.6 Å². The molecule has 1 N–H and O–H groups in total. The van der Waals surface area contributed by atoms with Crippen molar-refractivity contribution in [2.45, 2.75) is 51.6 Å². The minimum absolute atomic E-state index is 0.237. The summed E-state index contributed by atoms with van der Waals surface area (Å²) in [6.45, 7) is 2.31. The van der Waals surface area contributed by atoms with Crippen LogP contribution in [0.2, 0.25) is 0 Å². The molecular formula is C31H31N3O2. The summed E-state index contributed by atoms with van der Waals surface area (Å²) in [7, 11) is 0. The van der Waals surface area contributed by atoms with E-state index in [4.69, 9.17) is 4.74 Å². The van der Waals surface area contributed by atoms with E-state index in [-0.39, 0.29) is 5.91 Å². The zero-order chi connectivity index (χ0) is 24.7. The summed E-state index contributed by atoms with van der Waals surface area (Å²) in [5.41, 5.74) is 8.26. The molecule has 5 nitrogen and oxygen atoms in total. The first-order valence-electron chi connectivity index (χ1n) is 12.7. The Morgan fingerprint density at radius 3 is 2.42 bits per heavy atom. The van der Waals surface area contributed by atoms with Gasteiger partial charge < -0.3 is 4.74 Å². The second kappa shape index (κ2) is 11.2. The number of benzene rings is 3. The summed E-state index contributed by atoms with van der Waals surface area (Å²) in [6.07, 6.45) is 8.35. The van der Waals surface area contributed by atoms with Crippen LogP contribution in [0, 0.1) is 0 Å². The summed E-state index contributed by atoms with van der Waals surface area (Å²) < 4.78 is 6.00. The van der Waals surface area contributed by atoms with Crippen molar-refractivity contribution >= 4 is 22.5 Å². The van der Waals surface area contributed by atoms with E-state index in [1.165, 1.54) is 37.7 Å². The van der Waals surface area contributed by atoms with Crippen molar-refractivity contribution in [1.29, 1.82) is 0 Å². The molecule has 0 atom stereocenters. The summed E-state index contributed by atoms with van der Waals surface area (Å²) >= 11 is 0. The molecule has 182 valence electrons. The van der Waals surface area contributed by atoms with E-state index in [2.05, 4.69) is 39.8 Å². The Hall–Kier alpha value is -3.99. The molecule has 0 aliphatic heterocycles. The number of amides is 1. The van der Waals surface area contributed by atoms with Gasteiger partial charge in [0.15, 0.2) is 0 Å². The van der Waals surface area contributed by atoms with Crippen molar-refractivity contribution in [1.82, 2.24) is 10.4 Å². The first kappa shape index (κ1) is 23.7. The summed E-state index contributed by atoms with van der Waals surface area (Å²) in [5, 5.41) is 5.37. The molecule has 3 aromatic carbocycles. The molecule has 1 aliphatic rings. The molecule has 1 fully saturated rings. The standard InChI is InChI=1S/C31H31N3O2/c1-22(24-16-18-26(19-17-24)25-7-3-2-4-8-25)33-34-31(35)28-14-12-23(13-15-28)21-36-29-11-5-9-27-10-6-20-32-30(27)29/h5-6,9-20,25H,2-4,7-8,21H2,1H3,(H,34,35)/b33-22+. The minimum atomic E-state index is -0.237. The number of nitrogens with zero attached hydrogens (tertiary/aromatic N) is 2. The first-order chi connectivity index (χ1) is 17.7. The molecule has 4 aromatic rings. The fraction of sp³-hybridized carbons (Fsp3) is 0.258. The number of fused-ring (bicyclic) bond motifs is 1. The number of pyridine rings is 1. The number of nitrogens with one attached hydrogen (secondary N) is 1. The van der Waals surface area contributed by atoms with Gasteiger partial charge in [-0.2, -0.15) is 5.10 Å². The van der Waals surface area contributed by atoms with Gasteiger partial charge in [-0.1, -0.05) is 73.9 Å². The van der Waals surface area contributed by atoms with Crippen LogP contribution in [0.3, 0.4) is 0 Å². The summed E-state index contributed by atoms with van der Waals surface area (Å²) in [4.78, 5) is 17.0. The highest BCUT2D eigenvalue weighted by molar-refractivity contribution is 6.00. The maximum Gasteiger partial charge on any atom is 0.271 e. The van der Waals surface area contributed by atoms with Crippen molar-refractivity contribution in [2.24, 2.45) is 5.10 Å². The van der Waals surface area contributed by atoms with Gasteiger partial charge in [-0.3, -0.25) is 9.78 Å². The number of carbonyl (C=O) groups excluding carboxylic acids is 1. The summed E-state index contributed by atoms with van der Waals surface area (Å²) in [5.74, 6) is 1.19. The van der Waals surface area contributed by atoms with E-state index in [0.29, 0.717) is 18.1 Å². The van der Waals surface area contributed by atoms with Crippen LogP contribution in [0.5, 0.6) is 5.75 Å². The van der Waals surface area contributed by atoms with E-state index in [1.807, 2.05) is 49.4 Å². The molecule has 1 aromatic heterocycles. The number of hydrogen-bond acceptors (Lipinski definition) is 4. The molecule has 36 heavy (non-hydrogen) atoms. The second-order valence-electron chi connectivity index (χ2n) is 9.41. The number of hydrogen-bond donors (Lipinski definition) is 1. The van der Waals surface area contributed by atoms with Crippen LogP contribution in [0.1, 0.15) is 72.0 Å². The smallest absolute Gasteiger partial charge is 0.271 e. The largest absolute Gasteiger partial charge is 0.487 e. The van der Waals surface area contributed by atoms with E-state index in [0.717, 1.165) is 33.5 Å². The Balaban J connectivity index is 1.17. The highest BCUT2D eigenvalue weighted by Gasteiger charge is 2.15. The number of hydrazone groups is 1. The molecular weight excluding hydrogens is 446 g/mol. The predicted octanol–water partition coefficient (Wildman–Crippen LogP) is 7.02. The average molecular weight is 478 g/mol. The van der Waals surface area contributed by atoms with Crippen molar-refractivity contribution in [2.75, 3.05) is 0 Å². The molecule has 5 rings (SSSR count). The Morgan fingerprint density at radius 2 is 1.64 bits per heavy atom. The lowest BCUT2D eigenvalue weighted by atomic mass is 9.84. The third kappa shape index (κ3) is 5.62. The average Bonchev–Trinajstić information content (AvgIpc) is 2.95. The summed E-state index contributed by atoms with van der Waals surface area (Å²) in [6, 6.07) is 25.8. The van der Waals surface area contributed by atoms with Crippen LogP contribution >= 0.6 is 0 Å². The molecule has 0 bridgehead atoms. The van der Waals surface area contributed by atoms with Crippen LogP contribution < -0.4 is 10.2 Å². The van der Waals surface area contributed by atoms with Gasteiger partial charge in [-0.25, -0.2) is 5.43 Å². The van der Waals surface area contributed by atoms with E-state index >= 15 is 0 Å². The lowest BCUT2D eigenvalue weighted by Gasteiger charge is -2.22. The fourth-order valence-corrected chi connectivity index (χ4v) is 4.80. The SMILES string of the molecule is C/C(=N\NC(=O)c1ccc(COc2cccc3cccnc23)cc1)c1ccc(C2CCCCC2)cc1. The molecule has 0 saturated heterocycles. The van der Waals surface area contributed by atoms with Crippen molar-refractivity contribution in [3.8, 4) is 5.75 Å². The number of ether oxygens (including phenoxy) is 1. The Bertz CT molecular complexity index is 1350. The number of para-hydroxylation sites is 1. The van der Waals surface area contributed by atoms with Crippen molar-refractivity contribution in [3.05, 3.63) is 107 Å². The van der Waals surface area contributed by atoms with Crippen LogP contribution in [0.4, 0.5) is 0 Å². The molecule has 1 heterocycles. The van der Waals surface area contributed by atoms with E-state index in [9.17, 15) is 4.79 Å². The molecule has 0 unspecified atom stereocenters. The van der Waals surface area contributed by atoms with E-state index < -0.39 is 0 Å². The van der Waals surface area contributed by atoms with Crippen LogP contribution in [-0.4, -0.2) is 16.6 Å². The third-order valence-corrected chi connectivity index (χ3v) is 6.94. The van der Waals surface area contributed by atoms with Gasteiger partial charge in [0.1, 0.15) is 17.9 Å². The van der Waals surface area contributed by atoms with Gasteiger partial charge in [-0.05, 0) is 66.6 Å². The monoisotopic (exact) mass is 477 g/mol. The van der Waals surface area contributed by atoms with Gasteiger partial charge in [0.05, 0.1) is 5.71 Å². The molecule has 5 heteroatoms. The second-order valence-corrected chi connectivity index (χ2v) is 9.41. The van der Waals surface area contributed by atoms with Crippen molar-refractivity contribution in [3.63, 3.8) is 0 Å². The Labute approximate surface area is 212 Å². The maximum atomic E-state index is 12.6. The fourth-order valence-electron chi connectivity index (χ4n) is 4.80. The van der Waals surface area contributed by atoms with Crippen LogP contribution in [0.25, 0.3) is 10.9 Å². The lowest BCUT2D eigenvalue weighted by Crippen LogP contribution is -2.19. The molecule has 0 radical (unpaired) electrons. The van der Waals surface area contributed by atoms with Gasteiger partial charge >= 0.3 is 0 Å². The maximum absolute atomic E-state index is 12.6. The molecule has 1 aliphatic carbocycles. The molecule has 1 saturated carbocycles. The molecule has 1 amide bonds. The zero-order valence-electron chi connectivity index (χ0n) is 20.6. The normalized spacial score (nSPS) is 14.5. The highest BCUT2D eigenvalue weighted by Crippen LogP contribution is 2.32. The van der Waals surface area contributed by atoms with Gasteiger partial charge in [0.25, 0.3) is 5.91 Å². The quantitative estimate of drug-likeness (QED) is 0.230. The Morgan fingerprint density at radius 1 is 0.917 bits per heavy atom. The molecule has 0 spiro atoms. The lowest BCUT2D eigenvalue weighted by molar-refractivity contribution is 0.0955. The zero-order valence-corrected chi connectivity index (χ0v) is 20.6. The highest BCUT2D eigenvalue weighted by atomic mass is 16.5. The predicted molar refractivity (Wildman–Crippen MR) is 144 cm³/mol. The van der Waals surface area contributed by atoms with Crippen LogP contribution in [0.15, 0.2) is 90.2 Å².